The van der Waals surface area contributed by atoms with Gasteiger partial charge in [-0.1, -0.05) is 42.5 Å². The van der Waals surface area contributed by atoms with Crippen LogP contribution in [-0.2, 0) is 17.8 Å². The van der Waals surface area contributed by atoms with Crippen molar-refractivity contribution >= 4 is 11.8 Å². The standard InChI is InChI=1S/C23H25N3O3/c1-23(2,29-22(25)27)13-18-9-8-17(12-20(18)24)19-10-11-21(26-14-19)28-15-16-6-4-3-5-7-16/h3-12,14H,13,15,24H2,1-2H3,(H2,25,27). The zero-order valence-electron chi connectivity index (χ0n) is 16.6. The average molecular weight is 391 g/mol. The van der Waals surface area contributed by atoms with Crippen molar-refractivity contribution in [2.45, 2.75) is 32.5 Å². The van der Waals surface area contributed by atoms with Gasteiger partial charge in [-0.05, 0) is 42.7 Å². The number of benzene rings is 2. The van der Waals surface area contributed by atoms with Gasteiger partial charge < -0.3 is 20.9 Å². The van der Waals surface area contributed by atoms with Crippen molar-refractivity contribution < 1.29 is 14.3 Å². The van der Waals surface area contributed by atoms with Crippen molar-refractivity contribution in [3.63, 3.8) is 0 Å². The Morgan fingerprint density at radius 1 is 1.03 bits per heavy atom. The number of nitrogen functional groups attached to an aromatic ring is 1. The second-order valence-electron chi connectivity index (χ2n) is 7.43. The third-order valence-electron chi connectivity index (χ3n) is 4.44. The van der Waals surface area contributed by atoms with E-state index in [1.54, 1.807) is 20.0 Å². The molecule has 6 heteroatoms. The number of hydrogen-bond acceptors (Lipinski definition) is 5. The Morgan fingerprint density at radius 3 is 2.38 bits per heavy atom. The molecule has 3 aromatic rings. The maximum Gasteiger partial charge on any atom is 0.405 e. The molecule has 1 amide bonds. The van der Waals surface area contributed by atoms with Crippen LogP contribution in [0, 0.1) is 0 Å². The number of ether oxygens (including phenoxy) is 2. The first-order chi connectivity index (χ1) is 13.8. The molecule has 0 saturated heterocycles. The molecule has 0 bridgehead atoms. The van der Waals surface area contributed by atoms with Crippen LogP contribution in [0.5, 0.6) is 5.88 Å². The van der Waals surface area contributed by atoms with Gasteiger partial charge in [0.15, 0.2) is 0 Å². The van der Waals surface area contributed by atoms with Crippen LogP contribution in [0.1, 0.15) is 25.0 Å². The zero-order chi connectivity index (χ0) is 20.9. The number of pyridine rings is 1. The molecule has 0 radical (unpaired) electrons. The van der Waals surface area contributed by atoms with E-state index in [-0.39, 0.29) is 0 Å². The fourth-order valence-electron chi connectivity index (χ4n) is 3.07. The van der Waals surface area contributed by atoms with Crippen LogP contribution in [0.2, 0.25) is 0 Å². The molecule has 0 fully saturated rings. The number of anilines is 1. The smallest absolute Gasteiger partial charge is 0.405 e. The van der Waals surface area contributed by atoms with Gasteiger partial charge in [0.25, 0.3) is 0 Å². The number of carbonyl (C=O) groups excluding carboxylic acids is 1. The molecule has 0 aliphatic rings. The minimum Gasteiger partial charge on any atom is -0.473 e. The monoisotopic (exact) mass is 391 g/mol. The lowest BCUT2D eigenvalue weighted by Gasteiger charge is -2.24. The summed E-state index contributed by atoms with van der Waals surface area (Å²) in [5.41, 5.74) is 15.1. The molecule has 1 heterocycles. The van der Waals surface area contributed by atoms with Crippen molar-refractivity contribution in [2.75, 3.05) is 5.73 Å². The highest BCUT2D eigenvalue weighted by Gasteiger charge is 2.23. The van der Waals surface area contributed by atoms with Crippen LogP contribution in [0.15, 0.2) is 66.9 Å². The van der Waals surface area contributed by atoms with Crippen LogP contribution < -0.4 is 16.2 Å². The van der Waals surface area contributed by atoms with E-state index in [0.717, 1.165) is 22.3 Å². The predicted molar refractivity (Wildman–Crippen MR) is 113 cm³/mol. The SMILES string of the molecule is CC(C)(Cc1ccc(-c2ccc(OCc3ccccc3)nc2)cc1N)OC(N)=O. The number of amides is 1. The van der Waals surface area contributed by atoms with Crippen molar-refractivity contribution in [1.29, 1.82) is 0 Å². The van der Waals surface area contributed by atoms with Gasteiger partial charge >= 0.3 is 6.09 Å². The molecule has 2 aromatic carbocycles. The number of hydrogen-bond donors (Lipinski definition) is 2. The van der Waals surface area contributed by atoms with Gasteiger partial charge in [0, 0.05) is 29.9 Å². The van der Waals surface area contributed by atoms with Crippen molar-refractivity contribution in [3.05, 3.63) is 78.0 Å². The Morgan fingerprint density at radius 2 is 1.76 bits per heavy atom. The van der Waals surface area contributed by atoms with E-state index in [2.05, 4.69) is 4.98 Å². The molecule has 0 spiro atoms. The van der Waals surface area contributed by atoms with E-state index in [1.807, 2.05) is 60.7 Å². The van der Waals surface area contributed by atoms with Crippen LogP contribution in [-0.4, -0.2) is 16.7 Å². The predicted octanol–water partition coefficient (Wildman–Crippen LogP) is 4.33. The highest BCUT2D eigenvalue weighted by Crippen LogP contribution is 2.28. The van der Waals surface area contributed by atoms with Crippen molar-refractivity contribution in [3.8, 4) is 17.0 Å². The van der Waals surface area contributed by atoms with E-state index >= 15 is 0 Å². The first kappa shape index (κ1) is 20.2. The third kappa shape index (κ3) is 5.72. The van der Waals surface area contributed by atoms with Gasteiger partial charge in [-0.15, -0.1) is 0 Å². The lowest BCUT2D eigenvalue weighted by molar-refractivity contribution is 0.0461. The van der Waals surface area contributed by atoms with Crippen molar-refractivity contribution in [2.24, 2.45) is 5.73 Å². The van der Waals surface area contributed by atoms with E-state index in [4.69, 9.17) is 20.9 Å². The number of nitrogens with zero attached hydrogens (tertiary/aromatic N) is 1. The van der Waals surface area contributed by atoms with Gasteiger partial charge in [-0.2, -0.15) is 0 Å². The highest BCUT2D eigenvalue weighted by molar-refractivity contribution is 5.69. The van der Waals surface area contributed by atoms with Gasteiger partial charge in [0.1, 0.15) is 12.2 Å². The summed E-state index contributed by atoms with van der Waals surface area (Å²) in [7, 11) is 0. The lowest BCUT2D eigenvalue weighted by atomic mass is 9.95. The fourth-order valence-corrected chi connectivity index (χ4v) is 3.07. The molecular weight excluding hydrogens is 366 g/mol. The minimum absolute atomic E-state index is 0.465. The quantitative estimate of drug-likeness (QED) is 0.584. The normalized spacial score (nSPS) is 11.1. The average Bonchev–Trinajstić information content (AvgIpc) is 2.68. The molecule has 1 aromatic heterocycles. The topological polar surface area (TPSA) is 100 Å². The number of primary amides is 1. The summed E-state index contributed by atoms with van der Waals surface area (Å²) in [6.45, 7) is 4.06. The first-order valence-electron chi connectivity index (χ1n) is 9.32. The minimum atomic E-state index is -0.800. The van der Waals surface area contributed by atoms with E-state index in [0.29, 0.717) is 24.6 Å². The van der Waals surface area contributed by atoms with Gasteiger partial charge in [-0.25, -0.2) is 9.78 Å². The second-order valence-corrected chi connectivity index (χ2v) is 7.43. The van der Waals surface area contributed by atoms with Crippen molar-refractivity contribution in [1.82, 2.24) is 4.98 Å². The summed E-state index contributed by atoms with van der Waals surface area (Å²) >= 11 is 0. The maximum atomic E-state index is 11.0. The van der Waals surface area contributed by atoms with Crippen LogP contribution >= 0.6 is 0 Å². The summed E-state index contributed by atoms with van der Waals surface area (Å²) in [6, 6.07) is 19.5. The number of carbonyl (C=O) groups is 1. The number of nitrogens with two attached hydrogens (primary N) is 2. The number of rotatable bonds is 7. The second kappa shape index (κ2) is 8.65. The molecule has 29 heavy (non-hydrogen) atoms. The van der Waals surface area contributed by atoms with E-state index < -0.39 is 11.7 Å². The Bertz CT molecular complexity index is 970. The summed E-state index contributed by atoms with van der Waals surface area (Å²) < 4.78 is 10.9. The summed E-state index contributed by atoms with van der Waals surface area (Å²) in [5.74, 6) is 0.563. The molecular formula is C23H25N3O3. The molecule has 0 aliphatic heterocycles. The summed E-state index contributed by atoms with van der Waals surface area (Å²) in [5, 5.41) is 0. The molecule has 0 aliphatic carbocycles. The highest BCUT2D eigenvalue weighted by atomic mass is 16.6. The Kier molecular flexibility index (Phi) is 6.02. The Balaban J connectivity index is 1.67. The fraction of sp³-hybridized carbons (Fsp3) is 0.217. The largest absolute Gasteiger partial charge is 0.473 e. The molecule has 0 saturated carbocycles. The van der Waals surface area contributed by atoms with E-state index in [9.17, 15) is 4.79 Å². The molecule has 3 rings (SSSR count). The van der Waals surface area contributed by atoms with Crippen LogP contribution in [0.3, 0.4) is 0 Å². The molecule has 6 nitrogen and oxygen atoms in total. The van der Waals surface area contributed by atoms with Gasteiger partial charge in [0.05, 0.1) is 0 Å². The third-order valence-corrected chi connectivity index (χ3v) is 4.44. The van der Waals surface area contributed by atoms with Gasteiger partial charge in [-0.3, -0.25) is 0 Å². The molecule has 150 valence electrons. The summed E-state index contributed by atoms with van der Waals surface area (Å²) in [6.07, 6.45) is 1.42. The van der Waals surface area contributed by atoms with Gasteiger partial charge in [0.2, 0.25) is 5.88 Å². The molecule has 0 unspecified atom stereocenters. The molecule has 4 N–H and O–H groups in total. The maximum absolute atomic E-state index is 11.0. The molecule has 0 atom stereocenters. The Hall–Kier alpha value is -3.54. The van der Waals surface area contributed by atoms with E-state index in [1.165, 1.54) is 0 Å². The van der Waals surface area contributed by atoms with Crippen LogP contribution in [0.4, 0.5) is 10.5 Å². The zero-order valence-corrected chi connectivity index (χ0v) is 16.6. The summed E-state index contributed by atoms with van der Waals surface area (Å²) in [4.78, 5) is 15.4. The first-order valence-corrected chi connectivity index (χ1v) is 9.32. The lowest BCUT2D eigenvalue weighted by Crippen LogP contribution is -2.33. The van der Waals surface area contributed by atoms with Crippen LogP contribution in [0.25, 0.3) is 11.1 Å². The Labute approximate surface area is 170 Å². The number of aromatic nitrogens is 1.